The Morgan fingerprint density at radius 1 is 0.886 bits per heavy atom. The lowest BCUT2D eigenvalue weighted by atomic mass is 9.95. The third kappa shape index (κ3) is 7.14. The van der Waals surface area contributed by atoms with Crippen LogP contribution < -0.4 is 14.4 Å². The number of nitrogens with zero attached hydrogens (tertiary/aromatic N) is 3. The molecule has 44 heavy (non-hydrogen) atoms. The Balaban J connectivity index is 1.48. The number of aliphatic hydroxyl groups is 1. The fourth-order valence-electron chi connectivity index (χ4n) is 4.70. The zero-order valence-corrected chi connectivity index (χ0v) is 26.6. The molecular formula is C34H35N3O5S2. The minimum atomic E-state index is -0.904. The van der Waals surface area contributed by atoms with E-state index in [4.69, 9.17) is 9.47 Å². The molecule has 1 aliphatic rings. The summed E-state index contributed by atoms with van der Waals surface area (Å²) in [5.41, 5.74) is 3.36. The van der Waals surface area contributed by atoms with Crippen molar-refractivity contribution in [2.75, 3.05) is 18.1 Å². The summed E-state index contributed by atoms with van der Waals surface area (Å²) in [6.07, 6.45) is 2.82. The van der Waals surface area contributed by atoms with Gasteiger partial charge in [-0.15, -0.1) is 10.2 Å². The fourth-order valence-corrected chi connectivity index (χ4v) is 6.52. The van der Waals surface area contributed by atoms with Crippen molar-refractivity contribution >= 4 is 45.7 Å². The van der Waals surface area contributed by atoms with E-state index in [-0.39, 0.29) is 16.5 Å². The average Bonchev–Trinajstić information content (AvgIpc) is 3.61. The summed E-state index contributed by atoms with van der Waals surface area (Å²) in [4.78, 5) is 28.5. The number of carbonyl (C=O) groups excluding carboxylic acids is 2. The highest BCUT2D eigenvalue weighted by Gasteiger charge is 2.48. The fraction of sp³-hybridized carbons (Fsp3) is 0.294. The largest absolute Gasteiger partial charge is 0.507 e. The molecule has 0 radical (unpaired) electrons. The van der Waals surface area contributed by atoms with Crippen LogP contribution in [0.25, 0.3) is 5.76 Å². The maximum Gasteiger partial charge on any atom is 0.301 e. The topological polar surface area (TPSA) is 102 Å². The molecule has 3 aromatic carbocycles. The third-order valence-corrected chi connectivity index (χ3v) is 9.22. The molecule has 1 aliphatic heterocycles. The Bertz CT molecular complexity index is 1620. The Hall–Kier alpha value is -4.15. The summed E-state index contributed by atoms with van der Waals surface area (Å²) >= 11 is 2.75. The number of aromatic nitrogens is 2. The first-order valence-electron chi connectivity index (χ1n) is 14.7. The molecule has 1 saturated heterocycles. The van der Waals surface area contributed by atoms with E-state index in [0.29, 0.717) is 45.9 Å². The predicted molar refractivity (Wildman–Crippen MR) is 175 cm³/mol. The number of Topliss-reactive ketones (excluding diaryl/α,β-unsaturated/α-hetero) is 1. The second-order valence-electron chi connectivity index (χ2n) is 10.4. The van der Waals surface area contributed by atoms with Crippen molar-refractivity contribution < 1.29 is 24.2 Å². The lowest BCUT2D eigenvalue weighted by molar-refractivity contribution is -0.132. The van der Waals surface area contributed by atoms with E-state index in [1.807, 2.05) is 13.8 Å². The van der Waals surface area contributed by atoms with Crippen LogP contribution in [0.1, 0.15) is 61.4 Å². The number of hydrogen-bond donors (Lipinski definition) is 1. The molecular weight excluding hydrogens is 595 g/mol. The Labute approximate surface area is 265 Å². The van der Waals surface area contributed by atoms with Gasteiger partial charge in [-0.25, -0.2) is 0 Å². The van der Waals surface area contributed by atoms with Gasteiger partial charge in [-0.1, -0.05) is 85.3 Å². The van der Waals surface area contributed by atoms with E-state index in [2.05, 4.69) is 41.4 Å². The van der Waals surface area contributed by atoms with Crippen molar-refractivity contribution in [3.8, 4) is 11.5 Å². The molecule has 228 valence electrons. The third-order valence-electron chi connectivity index (χ3n) is 7.09. The monoisotopic (exact) mass is 629 g/mol. The van der Waals surface area contributed by atoms with Gasteiger partial charge in [0.1, 0.15) is 17.3 Å². The molecule has 0 spiro atoms. The van der Waals surface area contributed by atoms with Gasteiger partial charge in [-0.2, -0.15) is 0 Å². The highest BCUT2D eigenvalue weighted by atomic mass is 32.2. The molecule has 0 bridgehead atoms. The summed E-state index contributed by atoms with van der Waals surface area (Å²) < 4.78 is 12.2. The van der Waals surface area contributed by atoms with Crippen molar-refractivity contribution in [3.05, 3.63) is 101 Å². The minimum Gasteiger partial charge on any atom is -0.507 e. The number of benzene rings is 3. The molecule has 1 aromatic heterocycles. The van der Waals surface area contributed by atoms with Crippen LogP contribution in [0.3, 0.4) is 0 Å². The van der Waals surface area contributed by atoms with Gasteiger partial charge in [-0.3, -0.25) is 14.5 Å². The number of hydrogen-bond acceptors (Lipinski definition) is 9. The average molecular weight is 630 g/mol. The van der Waals surface area contributed by atoms with Crippen molar-refractivity contribution in [3.63, 3.8) is 0 Å². The van der Waals surface area contributed by atoms with E-state index in [1.54, 1.807) is 48.5 Å². The molecule has 0 aliphatic carbocycles. The van der Waals surface area contributed by atoms with Crippen LogP contribution in [-0.4, -0.2) is 40.2 Å². The Morgan fingerprint density at radius 2 is 1.55 bits per heavy atom. The second kappa shape index (κ2) is 14.5. The summed E-state index contributed by atoms with van der Waals surface area (Å²) in [6, 6.07) is 21.4. The summed E-state index contributed by atoms with van der Waals surface area (Å²) in [5, 5.41) is 20.4. The van der Waals surface area contributed by atoms with E-state index in [1.165, 1.54) is 33.6 Å². The smallest absolute Gasteiger partial charge is 0.301 e. The summed E-state index contributed by atoms with van der Waals surface area (Å²) in [5.74, 6) is 0.214. The van der Waals surface area contributed by atoms with Crippen LogP contribution >= 0.6 is 23.1 Å². The quantitative estimate of drug-likeness (QED) is 0.0400. The van der Waals surface area contributed by atoms with Gasteiger partial charge in [0, 0.05) is 11.3 Å². The van der Waals surface area contributed by atoms with Crippen molar-refractivity contribution in [1.29, 1.82) is 0 Å². The van der Waals surface area contributed by atoms with Crippen molar-refractivity contribution in [1.82, 2.24) is 10.2 Å². The number of aryl methyl sites for hydroxylation is 1. The number of anilines is 1. The first-order valence-corrected chi connectivity index (χ1v) is 16.5. The summed E-state index contributed by atoms with van der Waals surface area (Å²) in [7, 11) is 0. The standard InChI is InChI=1S/C34H35N3O5S2/c1-4-6-20-42-27-17-13-25(14-18-27)30(38)28-29(24-11-15-26(16-12-24)41-19-5-2)37(32(40)31(28)39)33-35-36-34(44-33)43-21-23-9-7-22(3)8-10-23/h7-18,29,38H,4-6,19-21H2,1-3H3/t29-/m1/s1. The van der Waals surface area contributed by atoms with Gasteiger partial charge in [0.05, 0.1) is 24.8 Å². The van der Waals surface area contributed by atoms with Crippen LogP contribution in [0.15, 0.2) is 82.7 Å². The maximum absolute atomic E-state index is 13.6. The number of rotatable bonds is 13. The molecule has 8 nitrogen and oxygen atoms in total. The zero-order valence-electron chi connectivity index (χ0n) is 25.0. The molecule has 2 heterocycles. The highest BCUT2D eigenvalue weighted by Crippen LogP contribution is 2.44. The van der Waals surface area contributed by atoms with E-state index >= 15 is 0 Å². The van der Waals surface area contributed by atoms with Crippen molar-refractivity contribution in [2.45, 2.75) is 56.2 Å². The van der Waals surface area contributed by atoms with Crippen LogP contribution in [-0.2, 0) is 15.3 Å². The minimum absolute atomic E-state index is 0.0130. The van der Waals surface area contributed by atoms with Gasteiger partial charge in [0.25, 0.3) is 5.78 Å². The lowest BCUT2D eigenvalue weighted by Crippen LogP contribution is -2.29. The van der Waals surface area contributed by atoms with Gasteiger partial charge in [-0.05, 0) is 67.3 Å². The molecule has 0 unspecified atom stereocenters. The van der Waals surface area contributed by atoms with Crippen LogP contribution in [0.4, 0.5) is 5.13 Å². The first kappa shape index (κ1) is 31.3. The molecule has 1 fully saturated rings. The second-order valence-corrected chi connectivity index (χ2v) is 12.6. The predicted octanol–water partition coefficient (Wildman–Crippen LogP) is 7.73. The lowest BCUT2D eigenvalue weighted by Gasteiger charge is -2.22. The summed E-state index contributed by atoms with van der Waals surface area (Å²) in [6.45, 7) is 7.33. The number of amides is 1. The van der Waals surface area contributed by atoms with Gasteiger partial charge < -0.3 is 14.6 Å². The first-order chi connectivity index (χ1) is 21.4. The number of unbranched alkanes of at least 4 members (excludes halogenated alkanes) is 1. The van der Waals surface area contributed by atoms with E-state index in [0.717, 1.165) is 24.8 Å². The van der Waals surface area contributed by atoms with Gasteiger partial charge >= 0.3 is 5.91 Å². The van der Waals surface area contributed by atoms with Gasteiger partial charge in [0.2, 0.25) is 5.13 Å². The zero-order chi connectivity index (χ0) is 31.1. The van der Waals surface area contributed by atoms with Crippen LogP contribution in [0, 0.1) is 6.92 Å². The number of ether oxygens (including phenoxy) is 2. The van der Waals surface area contributed by atoms with Crippen LogP contribution in [0.2, 0.25) is 0 Å². The Kier molecular flexibility index (Phi) is 10.3. The molecule has 1 amide bonds. The maximum atomic E-state index is 13.6. The number of aliphatic hydroxyl groups excluding tert-OH is 1. The number of thioether (sulfide) groups is 1. The van der Waals surface area contributed by atoms with Gasteiger partial charge in [0.15, 0.2) is 4.34 Å². The Morgan fingerprint density at radius 3 is 2.20 bits per heavy atom. The van der Waals surface area contributed by atoms with E-state index < -0.39 is 17.7 Å². The number of carbonyl (C=O) groups is 2. The van der Waals surface area contributed by atoms with E-state index in [9.17, 15) is 14.7 Å². The van der Waals surface area contributed by atoms with Crippen LogP contribution in [0.5, 0.6) is 11.5 Å². The number of ketones is 1. The molecule has 1 N–H and O–H groups in total. The highest BCUT2D eigenvalue weighted by molar-refractivity contribution is 8.00. The molecule has 5 rings (SSSR count). The molecule has 4 aromatic rings. The van der Waals surface area contributed by atoms with Crippen molar-refractivity contribution in [2.24, 2.45) is 0 Å². The molecule has 1 atom stereocenters. The SMILES string of the molecule is CCCCOc1ccc(C(O)=C2C(=O)C(=O)N(c3nnc(SCc4ccc(C)cc4)s3)[C@@H]2c2ccc(OCCC)cc2)cc1. The molecule has 10 heteroatoms. The molecule has 0 saturated carbocycles. The normalized spacial score (nSPS) is 16.0.